The van der Waals surface area contributed by atoms with Crippen LogP contribution in [-0.2, 0) is 9.53 Å². The number of nitrogens with zero attached hydrogens (tertiary/aromatic N) is 3. The second-order valence-corrected chi connectivity index (χ2v) is 9.14. The molecule has 1 aromatic heterocycles. The Balaban J connectivity index is 1.56. The van der Waals surface area contributed by atoms with Gasteiger partial charge in [-0.1, -0.05) is 24.2 Å². The Morgan fingerprint density at radius 2 is 2.11 bits per heavy atom. The molecule has 4 rings (SSSR count). The lowest BCUT2D eigenvalue weighted by atomic mass is 10.1. The molecule has 1 aromatic carbocycles. The number of thioether (sulfide) groups is 1. The first-order chi connectivity index (χ1) is 13.2. The number of amides is 1. The molecule has 0 bridgehead atoms. The highest BCUT2D eigenvalue weighted by Crippen LogP contribution is 2.34. The topological polar surface area (TPSA) is 45.7 Å². The predicted molar refractivity (Wildman–Crippen MR) is 113 cm³/mol. The number of rotatable bonds is 6. The zero-order valence-electron chi connectivity index (χ0n) is 15.9. The first-order valence-corrected chi connectivity index (χ1v) is 11.8. The molecule has 1 aliphatic heterocycles. The second kappa shape index (κ2) is 8.90. The number of hydrogen-bond acceptors (Lipinski definition) is 6. The standard InChI is InChI=1S/C20H27N3O2S2/c1-26-16-6-7-17-18(14-16)27-20(21-17)23(19(24)15-4-2-3-5-15)9-8-22-10-12-25-13-11-22/h6-7,14-15H,2-5,8-13H2,1H3. The van der Waals surface area contributed by atoms with Crippen LogP contribution in [-0.4, -0.2) is 61.4 Å². The normalized spacial score (nSPS) is 19.0. The van der Waals surface area contributed by atoms with Gasteiger partial charge in [0.25, 0.3) is 0 Å². The zero-order valence-corrected chi connectivity index (χ0v) is 17.5. The Bertz CT molecular complexity index is 783. The largest absolute Gasteiger partial charge is 0.379 e. The fourth-order valence-corrected chi connectivity index (χ4v) is 5.45. The number of ether oxygens (including phenoxy) is 1. The average molecular weight is 406 g/mol. The van der Waals surface area contributed by atoms with E-state index in [9.17, 15) is 4.79 Å². The van der Waals surface area contributed by atoms with E-state index in [1.165, 1.54) is 17.7 Å². The molecule has 0 atom stereocenters. The van der Waals surface area contributed by atoms with Gasteiger partial charge < -0.3 is 4.74 Å². The van der Waals surface area contributed by atoms with Crippen LogP contribution in [0.4, 0.5) is 5.13 Å². The third-order valence-electron chi connectivity index (χ3n) is 5.53. The molecular formula is C20H27N3O2S2. The van der Waals surface area contributed by atoms with Crippen molar-refractivity contribution in [2.24, 2.45) is 5.92 Å². The first kappa shape index (κ1) is 19.2. The summed E-state index contributed by atoms with van der Waals surface area (Å²) >= 11 is 3.38. The summed E-state index contributed by atoms with van der Waals surface area (Å²) in [6.45, 7) is 5.06. The quantitative estimate of drug-likeness (QED) is 0.683. The minimum absolute atomic E-state index is 0.170. The van der Waals surface area contributed by atoms with Crippen molar-refractivity contribution in [3.05, 3.63) is 18.2 Å². The highest BCUT2D eigenvalue weighted by molar-refractivity contribution is 7.98. The van der Waals surface area contributed by atoms with Gasteiger partial charge in [-0.3, -0.25) is 14.6 Å². The summed E-state index contributed by atoms with van der Waals surface area (Å²) in [6, 6.07) is 6.36. The molecule has 0 N–H and O–H groups in total. The molecule has 1 amide bonds. The van der Waals surface area contributed by atoms with Crippen LogP contribution in [0, 0.1) is 5.92 Å². The lowest BCUT2D eigenvalue weighted by Gasteiger charge is -2.30. The van der Waals surface area contributed by atoms with Crippen molar-refractivity contribution in [1.82, 2.24) is 9.88 Å². The van der Waals surface area contributed by atoms with Crippen LogP contribution in [0.25, 0.3) is 10.2 Å². The number of carbonyl (C=O) groups is 1. The van der Waals surface area contributed by atoms with Crippen LogP contribution in [0.3, 0.4) is 0 Å². The third kappa shape index (κ3) is 4.47. The van der Waals surface area contributed by atoms with E-state index in [1.807, 2.05) is 4.90 Å². The maximum absolute atomic E-state index is 13.3. The number of benzene rings is 1. The minimum atomic E-state index is 0.170. The summed E-state index contributed by atoms with van der Waals surface area (Å²) in [5, 5.41) is 0.855. The van der Waals surface area contributed by atoms with E-state index >= 15 is 0 Å². The second-order valence-electron chi connectivity index (χ2n) is 7.26. The number of morpholine rings is 1. The van der Waals surface area contributed by atoms with Crippen molar-refractivity contribution < 1.29 is 9.53 Å². The minimum Gasteiger partial charge on any atom is -0.379 e. The van der Waals surface area contributed by atoms with Gasteiger partial charge in [0.05, 0.1) is 23.4 Å². The van der Waals surface area contributed by atoms with E-state index in [1.54, 1.807) is 23.1 Å². The maximum atomic E-state index is 13.3. The highest BCUT2D eigenvalue weighted by atomic mass is 32.2. The molecular weight excluding hydrogens is 378 g/mol. The number of anilines is 1. The molecule has 1 saturated heterocycles. The monoisotopic (exact) mass is 405 g/mol. The Morgan fingerprint density at radius 1 is 1.33 bits per heavy atom. The van der Waals surface area contributed by atoms with Crippen molar-refractivity contribution in [2.75, 3.05) is 50.5 Å². The fraction of sp³-hybridized carbons (Fsp3) is 0.600. The maximum Gasteiger partial charge on any atom is 0.231 e. The molecule has 0 spiro atoms. The number of hydrogen-bond donors (Lipinski definition) is 0. The van der Waals surface area contributed by atoms with Crippen LogP contribution in [0.2, 0.25) is 0 Å². The molecule has 1 saturated carbocycles. The number of thiazole rings is 1. The molecule has 2 fully saturated rings. The summed E-state index contributed by atoms with van der Waals surface area (Å²) < 4.78 is 6.61. The smallest absolute Gasteiger partial charge is 0.231 e. The van der Waals surface area contributed by atoms with Crippen molar-refractivity contribution in [2.45, 2.75) is 30.6 Å². The summed E-state index contributed by atoms with van der Waals surface area (Å²) in [6.07, 6.45) is 6.47. The van der Waals surface area contributed by atoms with Crippen molar-refractivity contribution in [3.63, 3.8) is 0 Å². The first-order valence-electron chi connectivity index (χ1n) is 9.80. The van der Waals surface area contributed by atoms with Gasteiger partial charge in [0.1, 0.15) is 0 Å². The molecule has 2 aromatic rings. The van der Waals surface area contributed by atoms with E-state index in [4.69, 9.17) is 9.72 Å². The number of fused-ring (bicyclic) bond motifs is 1. The molecule has 1 aliphatic carbocycles. The molecule has 2 aliphatic rings. The van der Waals surface area contributed by atoms with Crippen LogP contribution >= 0.6 is 23.1 Å². The van der Waals surface area contributed by atoms with E-state index in [0.717, 1.165) is 61.0 Å². The van der Waals surface area contributed by atoms with Crippen LogP contribution in [0.1, 0.15) is 25.7 Å². The number of aromatic nitrogens is 1. The molecule has 7 heteroatoms. The van der Waals surface area contributed by atoms with Gasteiger partial charge in [0.2, 0.25) is 5.91 Å². The average Bonchev–Trinajstić information content (AvgIpc) is 3.38. The number of carbonyl (C=O) groups excluding carboxylic acids is 1. The van der Waals surface area contributed by atoms with Crippen molar-refractivity contribution in [1.29, 1.82) is 0 Å². The van der Waals surface area contributed by atoms with E-state index in [-0.39, 0.29) is 11.8 Å². The fourth-order valence-electron chi connectivity index (χ4n) is 3.89. The summed E-state index contributed by atoms with van der Waals surface area (Å²) in [7, 11) is 0. The summed E-state index contributed by atoms with van der Waals surface area (Å²) in [4.78, 5) is 23.7. The van der Waals surface area contributed by atoms with Crippen LogP contribution < -0.4 is 4.90 Å². The molecule has 5 nitrogen and oxygen atoms in total. The van der Waals surface area contributed by atoms with Gasteiger partial charge in [-0.15, -0.1) is 11.8 Å². The lowest BCUT2D eigenvalue weighted by Crippen LogP contribution is -2.44. The summed E-state index contributed by atoms with van der Waals surface area (Å²) in [5.74, 6) is 0.438. The van der Waals surface area contributed by atoms with E-state index < -0.39 is 0 Å². The molecule has 0 unspecified atom stereocenters. The van der Waals surface area contributed by atoms with Gasteiger partial charge in [0.15, 0.2) is 5.13 Å². The van der Waals surface area contributed by atoms with Gasteiger partial charge >= 0.3 is 0 Å². The Kier molecular flexibility index (Phi) is 6.32. The third-order valence-corrected chi connectivity index (χ3v) is 7.30. The van der Waals surface area contributed by atoms with Crippen molar-refractivity contribution >= 4 is 44.4 Å². The van der Waals surface area contributed by atoms with Crippen LogP contribution in [0.15, 0.2) is 23.1 Å². The molecule has 2 heterocycles. The molecule has 27 heavy (non-hydrogen) atoms. The predicted octanol–water partition coefficient (Wildman–Crippen LogP) is 3.87. The molecule has 146 valence electrons. The summed E-state index contributed by atoms with van der Waals surface area (Å²) in [5.41, 5.74) is 0.989. The Hall–Kier alpha value is -1.15. The van der Waals surface area contributed by atoms with E-state index in [2.05, 4.69) is 29.4 Å². The van der Waals surface area contributed by atoms with Gasteiger partial charge in [-0.25, -0.2) is 4.98 Å². The van der Waals surface area contributed by atoms with Crippen molar-refractivity contribution in [3.8, 4) is 0 Å². The highest BCUT2D eigenvalue weighted by Gasteiger charge is 2.30. The van der Waals surface area contributed by atoms with Crippen LogP contribution in [0.5, 0.6) is 0 Å². The van der Waals surface area contributed by atoms with Gasteiger partial charge in [0, 0.05) is 37.0 Å². The Morgan fingerprint density at radius 3 is 2.85 bits per heavy atom. The molecule has 0 radical (unpaired) electrons. The van der Waals surface area contributed by atoms with E-state index in [0.29, 0.717) is 6.54 Å². The Labute approximate surface area is 169 Å². The van der Waals surface area contributed by atoms with Gasteiger partial charge in [-0.2, -0.15) is 0 Å². The van der Waals surface area contributed by atoms with Gasteiger partial charge in [-0.05, 0) is 37.3 Å². The zero-order chi connectivity index (χ0) is 18.6. The lowest BCUT2D eigenvalue weighted by molar-refractivity contribution is -0.122. The SMILES string of the molecule is CSc1ccc2nc(N(CCN3CCOCC3)C(=O)C3CCCC3)sc2c1.